The standard InChI is InChI=1S/C17H30O4Si.C15H28O2Si/c1-11(2)22(12(3)4,13(5)6)20-10-15-9-16(17(18)19-8)21-14(15)7;1-11(2)18(12(3)4,13(5)6)17-10-15-8-9-16-14(15)7/h9,11-13H,10H2,1-8H3;8-9,11-13H,10H2,1-7H3. The van der Waals surface area contributed by atoms with Crippen molar-refractivity contribution in [1.29, 1.82) is 0 Å². The summed E-state index contributed by atoms with van der Waals surface area (Å²) in [6, 6.07) is 3.76. The van der Waals surface area contributed by atoms with Crippen LogP contribution in [0.15, 0.2) is 27.2 Å². The summed E-state index contributed by atoms with van der Waals surface area (Å²) >= 11 is 0. The Bertz CT molecular complexity index is 989. The average molecular weight is 595 g/mol. The van der Waals surface area contributed by atoms with Crippen LogP contribution in [-0.2, 0) is 26.8 Å². The molecule has 2 heterocycles. The molecule has 8 heteroatoms. The Labute approximate surface area is 246 Å². The first-order chi connectivity index (χ1) is 18.5. The molecular formula is C32H58O6Si2. The van der Waals surface area contributed by atoms with Gasteiger partial charge in [-0.1, -0.05) is 83.1 Å². The zero-order valence-corrected chi connectivity index (χ0v) is 30.1. The van der Waals surface area contributed by atoms with Crippen LogP contribution in [0.4, 0.5) is 0 Å². The molecule has 6 nitrogen and oxygen atoms in total. The highest BCUT2D eigenvalue weighted by atomic mass is 28.4. The van der Waals surface area contributed by atoms with Crippen molar-refractivity contribution in [2.45, 2.75) is 143 Å². The molecule has 0 saturated heterocycles. The van der Waals surface area contributed by atoms with E-state index in [1.165, 1.54) is 12.7 Å². The lowest BCUT2D eigenvalue weighted by Crippen LogP contribution is -2.47. The van der Waals surface area contributed by atoms with Gasteiger partial charge in [-0.2, -0.15) is 0 Å². The number of aryl methyl sites for hydroxylation is 2. The predicted molar refractivity (Wildman–Crippen MR) is 170 cm³/mol. The van der Waals surface area contributed by atoms with Crippen molar-refractivity contribution >= 4 is 22.6 Å². The predicted octanol–water partition coefficient (Wildman–Crippen LogP) is 10.3. The summed E-state index contributed by atoms with van der Waals surface area (Å²) in [5, 5.41) is 0. The second-order valence-electron chi connectivity index (χ2n) is 12.9. The molecule has 0 radical (unpaired) electrons. The molecule has 0 aromatic carbocycles. The van der Waals surface area contributed by atoms with Crippen LogP contribution in [0.3, 0.4) is 0 Å². The Morgan fingerprint density at radius 1 is 0.700 bits per heavy atom. The molecule has 0 amide bonds. The summed E-state index contributed by atoms with van der Waals surface area (Å²) in [7, 11) is -2.31. The van der Waals surface area contributed by atoms with Gasteiger partial charge in [0.2, 0.25) is 22.4 Å². The van der Waals surface area contributed by atoms with Crippen LogP contribution in [0.5, 0.6) is 0 Å². The number of ether oxygens (including phenoxy) is 1. The highest BCUT2D eigenvalue weighted by molar-refractivity contribution is 6.78. The number of furan rings is 2. The molecule has 40 heavy (non-hydrogen) atoms. The largest absolute Gasteiger partial charge is 0.469 e. The minimum atomic E-state index is -1.92. The lowest BCUT2D eigenvalue weighted by molar-refractivity contribution is 0.0563. The molecule has 0 N–H and O–H groups in total. The molecule has 2 aromatic heterocycles. The van der Waals surface area contributed by atoms with Crippen molar-refractivity contribution in [2.75, 3.05) is 7.11 Å². The summed E-state index contributed by atoms with van der Waals surface area (Å²) in [5.74, 6) is 1.49. The normalized spacial score (nSPS) is 12.7. The van der Waals surface area contributed by atoms with Gasteiger partial charge in [0, 0.05) is 11.1 Å². The molecule has 0 aliphatic heterocycles. The number of methoxy groups -OCH3 is 1. The van der Waals surface area contributed by atoms with E-state index >= 15 is 0 Å². The Balaban J connectivity index is 0.000000408. The van der Waals surface area contributed by atoms with Crippen LogP contribution in [0.1, 0.15) is 116 Å². The molecule has 0 bridgehead atoms. The highest BCUT2D eigenvalue weighted by Gasteiger charge is 2.46. The van der Waals surface area contributed by atoms with Crippen LogP contribution in [0.25, 0.3) is 0 Å². The Hall–Kier alpha value is -1.62. The highest BCUT2D eigenvalue weighted by Crippen LogP contribution is 2.44. The zero-order chi connectivity index (χ0) is 31.0. The molecule has 0 aliphatic rings. The van der Waals surface area contributed by atoms with E-state index in [0.29, 0.717) is 46.5 Å². The van der Waals surface area contributed by atoms with E-state index in [4.69, 9.17) is 22.4 Å². The molecule has 0 atom stereocenters. The molecule has 0 spiro atoms. The minimum absolute atomic E-state index is 0.240. The number of carbonyl (C=O) groups is 1. The maximum atomic E-state index is 11.6. The van der Waals surface area contributed by atoms with E-state index in [2.05, 4.69) is 83.1 Å². The number of esters is 1. The molecule has 2 aromatic rings. The molecule has 2 rings (SSSR count). The van der Waals surface area contributed by atoms with Gasteiger partial charge in [-0.05, 0) is 59.2 Å². The Kier molecular flexibility index (Phi) is 14.2. The third-order valence-electron chi connectivity index (χ3n) is 8.74. The number of rotatable bonds is 13. The van der Waals surface area contributed by atoms with E-state index in [1.54, 1.807) is 12.3 Å². The summed E-state index contributed by atoms with van der Waals surface area (Å²) in [5.41, 5.74) is 5.59. The van der Waals surface area contributed by atoms with Gasteiger partial charge >= 0.3 is 5.97 Å². The van der Waals surface area contributed by atoms with Gasteiger partial charge in [-0.15, -0.1) is 0 Å². The fraction of sp³-hybridized carbons (Fsp3) is 0.719. The van der Waals surface area contributed by atoms with Crippen molar-refractivity contribution in [3.05, 3.63) is 46.8 Å². The van der Waals surface area contributed by atoms with E-state index < -0.39 is 22.6 Å². The van der Waals surface area contributed by atoms with Gasteiger partial charge in [0.25, 0.3) is 0 Å². The van der Waals surface area contributed by atoms with E-state index in [-0.39, 0.29) is 5.76 Å². The first-order valence-corrected chi connectivity index (χ1v) is 19.2. The fourth-order valence-electron chi connectivity index (χ4n) is 6.83. The van der Waals surface area contributed by atoms with Crippen molar-refractivity contribution in [2.24, 2.45) is 0 Å². The van der Waals surface area contributed by atoms with E-state index in [0.717, 1.165) is 17.1 Å². The molecule has 230 valence electrons. The second-order valence-corrected chi connectivity index (χ2v) is 23.8. The third-order valence-corrected chi connectivity index (χ3v) is 20.9. The van der Waals surface area contributed by atoms with Crippen molar-refractivity contribution in [3.8, 4) is 0 Å². The second kappa shape index (κ2) is 15.6. The molecule has 0 saturated carbocycles. The van der Waals surface area contributed by atoms with Crippen LogP contribution in [0, 0.1) is 13.8 Å². The Morgan fingerprint density at radius 3 is 1.43 bits per heavy atom. The summed E-state index contributed by atoms with van der Waals surface area (Å²) in [4.78, 5) is 11.6. The van der Waals surface area contributed by atoms with Gasteiger partial charge in [-0.3, -0.25) is 0 Å². The van der Waals surface area contributed by atoms with Gasteiger partial charge < -0.3 is 22.4 Å². The van der Waals surface area contributed by atoms with Gasteiger partial charge in [0.05, 0.1) is 26.6 Å². The Morgan fingerprint density at radius 2 is 1.10 bits per heavy atom. The van der Waals surface area contributed by atoms with Crippen LogP contribution >= 0.6 is 0 Å². The van der Waals surface area contributed by atoms with E-state index in [9.17, 15) is 4.79 Å². The maximum Gasteiger partial charge on any atom is 0.373 e. The van der Waals surface area contributed by atoms with Crippen molar-refractivity contribution in [1.82, 2.24) is 0 Å². The SMILES string of the molecule is COC(=O)c1cc(CO[Si](C(C)C)(C(C)C)C(C)C)c(C)o1.Cc1occc1CO[Si](C(C)C)(C(C)C)C(C)C. The molecule has 0 unspecified atom stereocenters. The van der Waals surface area contributed by atoms with Crippen molar-refractivity contribution in [3.63, 3.8) is 0 Å². The summed E-state index contributed by atoms with van der Waals surface area (Å²) in [6.07, 6.45) is 1.75. The fourth-order valence-corrected chi connectivity index (χ4v) is 17.6. The average Bonchev–Trinajstić information content (AvgIpc) is 3.43. The van der Waals surface area contributed by atoms with E-state index in [1.807, 2.05) is 19.9 Å². The molecule has 0 aliphatic carbocycles. The summed E-state index contributed by atoms with van der Waals surface area (Å²) < 4.78 is 28.6. The first-order valence-electron chi connectivity index (χ1n) is 15.0. The van der Waals surface area contributed by atoms with Crippen LogP contribution in [-0.4, -0.2) is 29.7 Å². The monoisotopic (exact) mass is 594 g/mol. The van der Waals surface area contributed by atoms with Crippen LogP contribution < -0.4 is 0 Å². The van der Waals surface area contributed by atoms with Gasteiger partial charge in [0.1, 0.15) is 11.5 Å². The number of hydrogen-bond acceptors (Lipinski definition) is 6. The van der Waals surface area contributed by atoms with Crippen molar-refractivity contribution < 1.29 is 27.2 Å². The number of carbonyl (C=O) groups excluding carboxylic acids is 1. The van der Waals surface area contributed by atoms with Gasteiger partial charge in [0.15, 0.2) is 0 Å². The smallest absolute Gasteiger partial charge is 0.373 e. The lowest BCUT2D eigenvalue weighted by atomic mass is 10.2. The third kappa shape index (κ3) is 8.23. The quantitative estimate of drug-likeness (QED) is 0.170. The lowest BCUT2D eigenvalue weighted by Gasteiger charge is -2.42. The maximum absolute atomic E-state index is 11.6. The molecule has 0 fully saturated rings. The number of hydrogen-bond donors (Lipinski definition) is 0. The molecular weight excluding hydrogens is 537 g/mol. The van der Waals surface area contributed by atoms with Gasteiger partial charge in [-0.25, -0.2) is 4.79 Å². The minimum Gasteiger partial charge on any atom is -0.469 e. The zero-order valence-electron chi connectivity index (χ0n) is 28.1. The first kappa shape index (κ1) is 36.4. The topological polar surface area (TPSA) is 71.0 Å². The van der Waals surface area contributed by atoms with Crippen LogP contribution in [0.2, 0.25) is 33.2 Å². The summed E-state index contributed by atoms with van der Waals surface area (Å²) in [6.45, 7) is 32.5.